The van der Waals surface area contributed by atoms with Gasteiger partial charge in [-0.3, -0.25) is 5.41 Å². The number of aliphatic hydroxyl groups excluding tert-OH is 1. The molecule has 0 fully saturated rings. The summed E-state index contributed by atoms with van der Waals surface area (Å²) >= 11 is 1.47. The van der Waals surface area contributed by atoms with Crippen molar-refractivity contribution in [3.8, 4) is 11.3 Å². The molecule has 0 unspecified atom stereocenters. The maximum atomic E-state index is 10.6. The topological polar surface area (TPSA) is 60.2 Å². The number of thiazole rings is 1. The van der Waals surface area contributed by atoms with Crippen molar-refractivity contribution in [3.63, 3.8) is 0 Å². The second-order valence-corrected chi connectivity index (χ2v) is 8.30. The third-order valence-corrected chi connectivity index (χ3v) is 6.00. The van der Waals surface area contributed by atoms with E-state index in [2.05, 4.69) is 38.1 Å². The highest BCUT2D eigenvalue weighted by atomic mass is 32.1. The van der Waals surface area contributed by atoms with Gasteiger partial charge >= 0.3 is 0 Å². The van der Waals surface area contributed by atoms with Gasteiger partial charge in [-0.1, -0.05) is 18.2 Å². The van der Waals surface area contributed by atoms with Crippen molar-refractivity contribution in [2.75, 3.05) is 11.4 Å². The van der Waals surface area contributed by atoms with Gasteiger partial charge in [0, 0.05) is 16.6 Å². The van der Waals surface area contributed by atoms with Gasteiger partial charge in [0.1, 0.15) is 16.6 Å². The minimum Gasteiger partial charge on any atom is -0.510 e. The van der Waals surface area contributed by atoms with Crippen molar-refractivity contribution in [1.82, 2.24) is 4.98 Å². The fourth-order valence-electron chi connectivity index (χ4n) is 3.55. The lowest BCUT2D eigenvalue weighted by Gasteiger charge is -2.19. The SMILES string of the molecule is Cc1cc(C)cc(N2CC(O)=C(c3nc(-c4ccc(C)c(C)c4)cs3)C2=N)c1. The second-order valence-electron chi connectivity index (χ2n) is 7.44. The molecule has 1 aromatic heterocycles. The third-order valence-electron chi connectivity index (χ3n) is 5.14. The van der Waals surface area contributed by atoms with Crippen LogP contribution in [-0.4, -0.2) is 22.5 Å². The van der Waals surface area contributed by atoms with Crippen molar-refractivity contribution in [3.05, 3.63) is 74.8 Å². The minimum atomic E-state index is 0.199. The Hall–Kier alpha value is -2.92. The Morgan fingerprint density at radius 2 is 1.71 bits per heavy atom. The Balaban J connectivity index is 1.66. The lowest BCUT2D eigenvalue weighted by molar-refractivity contribution is 0.411. The number of aromatic nitrogens is 1. The van der Waals surface area contributed by atoms with E-state index in [4.69, 9.17) is 10.4 Å². The van der Waals surface area contributed by atoms with Gasteiger partial charge in [0.05, 0.1) is 17.8 Å². The van der Waals surface area contributed by atoms with Gasteiger partial charge in [-0.2, -0.15) is 0 Å². The summed E-state index contributed by atoms with van der Waals surface area (Å²) in [5.74, 6) is 0.494. The van der Waals surface area contributed by atoms with Crippen LogP contribution < -0.4 is 4.90 Å². The molecule has 2 heterocycles. The number of aryl methyl sites for hydroxylation is 4. The zero-order valence-corrected chi connectivity index (χ0v) is 17.3. The molecule has 0 aliphatic carbocycles. The third kappa shape index (κ3) is 3.22. The fourth-order valence-corrected chi connectivity index (χ4v) is 4.45. The Bertz CT molecular complexity index is 1110. The number of amidine groups is 1. The molecule has 142 valence electrons. The van der Waals surface area contributed by atoms with Crippen molar-refractivity contribution in [2.45, 2.75) is 27.7 Å². The van der Waals surface area contributed by atoms with E-state index in [0.29, 0.717) is 23.0 Å². The number of hydrogen-bond donors (Lipinski definition) is 2. The summed E-state index contributed by atoms with van der Waals surface area (Å²) < 4.78 is 0. The van der Waals surface area contributed by atoms with E-state index in [9.17, 15) is 5.11 Å². The zero-order valence-electron chi connectivity index (χ0n) is 16.5. The van der Waals surface area contributed by atoms with Gasteiger partial charge in [0.2, 0.25) is 0 Å². The first kappa shape index (κ1) is 18.4. The van der Waals surface area contributed by atoms with Crippen LogP contribution in [0.4, 0.5) is 5.69 Å². The van der Waals surface area contributed by atoms with Crippen LogP contribution in [0.2, 0.25) is 0 Å². The highest BCUT2D eigenvalue weighted by Gasteiger charge is 2.31. The van der Waals surface area contributed by atoms with Crippen LogP contribution in [0.3, 0.4) is 0 Å². The lowest BCUT2D eigenvalue weighted by atomic mass is 10.1. The average molecular weight is 390 g/mol. The van der Waals surface area contributed by atoms with Gasteiger partial charge in [0.15, 0.2) is 0 Å². The van der Waals surface area contributed by atoms with E-state index >= 15 is 0 Å². The standard InChI is InChI=1S/C23H23N3OS/c1-13-7-14(2)9-18(8-13)26-11-20(27)21(22(26)24)23-25-19(12-28-23)17-6-5-15(3)16(4)10-17/h5-10,12,24,27H,11H2,1-4H3. The molecular formula is C23H23N3OS. The molecule has 0 amide bonds. The number of hydrogen-bond acceptors (Lipinski definition) is 4. The summed E-state index contributed by atoms with van der Waals surface area (Å²) in [6, 6.07) is 12.5. The molecule has 0 radical (unpaired) electrons. The monoisotopic (exact) mass is 389 g/mol. The van der Waals surface area contributed by atoms with E-state index in [-0.39, 0.29) is 5.76 Å². The molecule has 0 bridgehead atoms. The molecule has 0 saturated carbocycles. The highest BCUT2D eigenvalue weighted by molar-refractivity contribution is 7.11. The summed E-state index contributed by atoms with van der Waals surface area (Å²) in [5.41, 5.74) is 8.14. The zero-order chi connectivity index (χ0) is 20.0. The first-order valence-corrected chi connectivity index (χ1v) is 10.1. The predicted molar refractivity (Wildman–Crippen MR) is 118 cm³/mol. The van der Waals surface area contributed by atoms with Crippen LogP contribution >= 0.6 is 11.3 Å². The van der Waals surface area contributed by atoms with Crippen LogP contribution in [-0.2, 0) is 0 Å². The Kier molecular flexibility index (Phi) is 4.55. The molecule has 0 atom stereocenters. The molecule has 1 aliphatic heterocycles. The number of nitrogens with one attached hydrogen (secondary N) is 1. The molecule has 3 aromatic rings. The number of anilines is 1. The van der Waals surface area contributed by atoms with Gasteiger partial charge < -0.3 is 10.0 Å². The normalized spacial score (nSPS) is 14.3. The van der Waals surface area contributed by atoms with Crippen molar-refractivity contribution < 1.29 is 5.11 Å². The fraction of sp³-hybridized carbons (Fsp3) is 0.217. The quantitative estimate of drug-likeness (QED) is 0.594. The van der Waals surface area contributed by atoms with Crippen LogP contribution in [0.5, 0.6) is 0 Å². The van der Waals surface area contributed by atoms with E-state index in [1.807, 2.05) is 36.3 Å². The lowest BCUT2D eigenvalue weighted by Crippen LogP contribution is -2.26. The van der Waals surface area contributed by atoms with Crippen LogP contribution in [0.15, 0.2) is 47.5 Å². The number of benzene rings is 2. The van der Waals surface area contributed by atoms with Crippen molar-refractivity contribution in [1.29, 1.82) is 5.41 Å². The van der Waals surface area contributed by atoms with E-state index < -0.39 is 0 Å². The molecule has 0 saturated heterocycles. The molecule has 1 aliphatic rings. The molecule has 5 heteroatoms. The minimum absolute atomic E-state index is 0.199. The number of nitrogens with zero attached hydrogens (tertiary/aromatic N) is 2. The second kappa shape index (κ2) is 6.91. The van der Waals surface area contributed by atoms with Gasteiger partial charge in [-0.25, -0.2) is 4.98 Å². The smallest absolute Gasteiger partial charge is 0.139 e. The summed E-state index contributed by atoms with van der Waals surface area (Å²) in [7, 11) is 0. The number of aliphatic hydroxyl groups is 1. The van der Waals surface area contributed by atoms with Crippen LogP contribution in [0.1, 0.15) is 27.3 Å². The van der Waals surface area contributed by atoms with Crippen molar-refractivity contribution >= 4 is 28.4 Å². The molecule has 0 spiro atoms. The van der Waals surface area contributed by atoms with Crippen molar-refractivity contribution in [2.24, 2.45) is 0 Å². The molecular weight excluding hydrogens is 366 g/mol. The van der Waals surface area contributed by atoms with E-state index in [0.717, 1.165) is 28.1 Å². The summed E-state index contributed by atoms with van der Waals surface area (Å²) in [5, 5.41) is 21.9. The Morgan fingerprint density at radius 1 is 1.00 bits per heavy atom. The molecule has 2 N–H and O–H groups in total. The summed E-state index contributed by atoms with van der Waals surface area (Å²) in [6.07, 6.45) is 0. The highest BCUT2D eigenvalue weighted by Crippen LogP contribution is 2.35. The molecule has 2 aromatic carbocycles. The van der Waals surface area contributed by atoms with Gasteiger partial charge in [0.25, 0.3) is 0 Å². The van der Waals surface area contributed by atoms with Gasteiger partial charge in [-0.05, 0) is 68.1 Å². The largest absolute Gasteiger partial charge is 0.510 e. The van der Waals surface area contributed by atoms with E-state index in [1.165, 1.54) is 22.5 Å². The summed E-state index contributed by atoms with van der Waals surface area (Å²) in [6.45, 7) is 8.57. The van der Waals surface area contributed by atoms with Crippen LogP contribution in [0.25, 0.3) is 16.8 Å². The van der Waals surface area contributed by atoms with Crippen LogP contribution in [0, 0.1) is 33.1 Å². The molecule has 4 rings (SSSR count). The molecule has 28 heavy (non-hydrogen) atoms. The Morgan fingerprint density at radius 3 is 2.39 bits per heavy atom. The van der Waals surface area contributed by atoms with Gasteiger partial charge in [-0.15, -0.1) is 11.3 Å². The predicted octanol–water partition coefficient (Wildman–Crippen LogP) is 5.81. The Labute approximate surface area is 169 Å². The van der Waals surface area contributed by atoms with E-state index in [1.54, 1.807) is 0 Å². The average Bonchev–Trinajstić information content (AvgIpc) is 3.21. The first-order chi connectivity index (χ1) is 13.3. The first-order valence-electron chi connectivity index (χ1n) is 9.24. The number of rotatable bonds is 3. The maximum absolute atomic E-state index is 10.6. The molecule has 4 nitrogen and oxygen atoms in total. The summed E-state index contributed by atoms with van der Waals surface area (Å²) in [4.78, 5) is 6.57. The maximum Gasteiger partial charge on any atom is 0.139 e.